The molecule has 4 heteroatoms. The van der Waals surface area contributed by atoms with Crippen molar-refractivity contribution in [2.45, 2.75) is 31.2 Å². The lowest BCUT2D eigenvalue weighted by Crippen LogP contribution is -2.25. The van der Waals surface area contributed by atoms with Crippen LogP contribution in [0.5, 0.6) is 0 Å². The van der Waals surface area contributed by atoms with Crippen LogP contribution in [-0.4, -0.2) is 15.8 Å². The first-order valence-electron chi connectivity index (χ1n) is 6.46. The Morgan fingerprint density at radius 2 is 1.95 bits per heavy atom. The Hall–Kier alpha value is -1.55. The Labute approximate surface area is 116 Å². The highest BCUT2D eigenvalue weighted by atomic mass is 32.2. The van der Waals surface area contributed by atoms with Gasteiger partial charge < -0.3 is 0 Å². The van der Waals surface area contributed by atoms with E-state index in [2.05, 4.69) is 4.98 Å². The third-order valence-corrected chi connectivity index (χ3v) is 4.32. The number of hydrogen-bond donors (Lipinski definition) is 0. The van der Waals surface area contributed by atoms with Crippen LogP contribution in [0.2, 0.25) is 0 Å². The predicted molar refractivity (Wildman–Crippen MR) is 78.4 cm³/mol. The topological polar surface area (TPSA) is 34.9 Å². The first-order chi connectivity index (χ1) is 9.20. The molecule has 0 bridgehead atoms. The number of aromatic nitrogens is 2. The van der Waals surface area contributed by atoms with Crippen LogP contribution in [0.4, 0.5) is 0 Å². The third kappa shape index (κ3) is 2.10. The van der Waals surface area contributed by atoms with E-state index in [1.165, 1.54) is 11.1 Å². The summed E-state index contributed by atoms with van der Waals surface area (Å²) in [6.45, 7) is 2.05. The standard InChI is InChI=1S/C15H16N2OS/c1-10-6-8-11(9-7-10)17-13-5-3-4-12(13)14(19-2)16-15(17)18/h6-9H,3-5H2,1-2H3. The van der Waals surface area contributed by atoms with E-state index in [0.29, 0.717) is 0 Å². The number of hydrogen-bond acceptors (Lipinski definition) is 3. The number of rotatable bonds is 2. The fourth-order valence-corrected chi connectivity index (χ4v) is 3.29. The van der Waals surface area contributed by atoms with E-state index in [0.717, 1.165) is 35.7 Å². The van der Waals surface area contributed by atoms with Crippen molar-refractivity contribution in [3.8, 4) is 5.69 Å². The van der Waals surface area contributed by atoms with Gasteiger partial charge in [-0.3, -0.25) is 4.57 Å². The molecule has 0 unspecified atom stereocenters. The highest BCUT2D eigenvalue weighted by Crippen LogP contribution is 2.29. The van der Waals surface area contributed by atoms with Crippen molar-refractivity contribution in [2.24, 2.45) is 0 Å². The quantitative estimate of drug-likeness (QED) is 0.623. The molecule has 0 amide bonds. The molecular weight excluding hydrogens is 256 g/mol. The Balaban J connectivity index is 2.25. The van der Waals surface area contributed by atoms with Gasteiger partial charge in [-0.05, 0) is 44.6 Å². The highest BCUT2D eigenvalue weighted by molar-refractivity contribution is 7.98. The lowest BCUT2D eigenvalue weighted by Gasteiger charge is -2.13. The Bertz CT molecular complexity index is 674. The van der Waals surface area contributed by atoms with Gasteiger partial charge in [0.2, 0.25) is 0 Å². The summed E-state index contributed by atoms with van der Waals surface area (Å²) in [6, 6.07) is 8.06. The summed E-state index contributed by atoms with van der Waals surface area (Å²) in [6.07, 6.45) is 5.09. The highest BCUT2D eigenvalue weighted by Gasteiger charge is 2.21. The molecule has 19 heavy (non-hydrogen) atoms. The summed E-state index contributed by atoms with van der Waals surface area (Å²) in [5.74, 6) is 0. The molecule has 1 aromatic heterocycles. The van der Waals surface area contributed by atoms with Crippen LogP contribution in [0.1, 0.15) is 23.2 Å². The van der Waals surface area contributed by atoms with Crippen LogP contribution in [0.3, 0.4) is 0 Å². The lowest BCUT2D eigenvalue weighted by molar-refractivity contribution is 0.803. The van der Waals surface area contributed by atoms with Crippen molar-refractivity contribution < 1.29 is 0 Å². The SMILES string of the molecule is CSc1nc(=O)n(-c2ccc(C)cc2)c2c1CCC2. The maximum Gasteiger partial charge on any atom is 0.353 e. The molecule has 0 saturated carbocycles. The molecule has 0 N–H and O–H groups in total. The fraction of sp³-hybridized carbons (Fsp3) is 0.333. The van der Waals surface area contributed by atoms with Crippen molar-refractivity contribution in [1.29, 1.82) is 0 Å². The second kappa shape index (κ2) is 4.85. The van der Waals surface area contributed by atoms with Gasteiger partial charge in [0.25, 0.3) is 0 Å². The van der Waals surface area contributed by atoms with Crippen molar-refractivity contribution in [3.05, 3.63) is 51.6 Å². The zero-order valence-corrected chi connectivity index (χ0v) is 12.0. The van der Waals surface area contributed by atoms with E-state index in [-0.39, 0.29) is 5.69 Å². The van der Waals surface area contributed by atoms with Gasteiger partial charge in [-0.2, -0.15) is 4.98 Å². The maximum absolute atomic E-state index is 12.3. The summed E-state index contributed by atoms with van der Waals surface area (Å²) < 4.78 is 1.78. The van der Waals surface area contributed by atoms with Crippen LogP contribution in [0, 0.1) is 6.92 Å². The lowest BCUT2D eigenvalue weighted by atomic mass is 10.2. The molecule has 0 saturated heterocycles. The number of aryl methyl sites for hydroxylation is 1. The third-order valence-electron chi connectivity index (χ3n) is 3.59. The van der Waals surface area contributed by atoms with Crippen LogP contribution in [0.25, 0.3) is 5.69 Å². The molecule has 2 aromatic rings. The summed E-state index contributed by atoms with van der Waals surface area (Å²) in [4.78, 5) is 16.5. The monoisotopic (exact) mass is 272 g/mol. The second-order valence-corrected chi connectivity index (χ2v) is 5.65. The molecule has 1 aromatic carbocycles. The first kappa shape index (κ1) is 12.5. The molecule has 0 atom stereocenters. The molecule has 0 fully saturated rings. The van der Waals surface area contributed by atoms with E-state index in [9.17, 15) is 4.79 Å². The van der Waals surface area contributed by atoms with Gasteiger partial charge in [-0.15, -0.1) is 11.8 Å². The van der Waals surface area contributed by atoms with Crippen molar-refractivity contribution in [1.82, 2.24) is 9.55 Å². The summed E-state index contributed by atoms with van der Waals surface area (Å²) in [5.41, 5.74) is 4.37. The van der Waals surface area contributed by atoms with Crippen LogP contribution in [-0.2, 0) is 12.8 Å². The van der Waals surface area contributed by atoms with Crippen LogP contribution >= 0.6 is 11.8 Å². The van der Waals surface area contributed by atoms with Gasteiger partial charge in [-0.25, -0.2) is 4.79 Å². The van der Waals surface area contributed by atoms with E-state index in [1.807, 2.05) is 37.4 Å². The van der Waals surface area contributed by atoms with E-state index in [1.54, 1.807) is 16.3 Å². The molecule has 98 valence electrons. The fourth-order valence-electron chi connectivity index (χ4n) is 2.65. The largest absolute Gasteiger partial charge is 0.353 e. The number of fused-ring (bicyclic) bond motifs is 1. The molecule has 3 rings (SSSR count). The van der Waals surface area contributed by atoms with Gasteiger partial charge in [0.1, 0.15) is 5.03 Å². The molecule has 0 radical (unpaired) electrons. The minimum atomic E-state index is -0.158. The number of thioether (sulfide) groups is 1. The van der Waals surface area contributed by atoms with Crippen molar-refractivity contribution >= 4 is 11.8 Å². The van der Waals surface area contributed by atoms with Gasteiger partial charge in [0.05, 0.1) is 5.69 Å². The molecule has 1 aliphatic carbocycles. The zero-order valence-electron chi connectivity index (χ0n) is 11.1. The smallest absolute Gasteiger partial charge is 0.265 e. The van der Waals surface area contributed by atoms with Crippen molar-refractivity contribution in [3.63, 3.8) is 0 Å². The average molecular weight is 272 g/mol. The molecule has 0 spiro atoms. The van der Waals surface area contributed by atoms with E-state index >= 15 is 0 Å². The van der Waals surface area contributed by atoms with E-state index in [4.69, 9.17) is 0 Å². The van der Waals surface area contributed by atoms with Gasteiger partial charge >= 0.3 is 5.69 Å². The van der Waals surface area contributed by atoms with Crippen molar-refractivity contribution in [2.75, 3.05) is 6.26 Å². The minimum Gasteiger partial charge on any atom is -0.265 e. The summed E-state index contributed by atoms with van der Waals surface area (Å²) >= 11 is 1.57. The Kier molecular flexibility index (Phi) is 3.19. The Morgan fingerprint density at radius 1 is 1.21 bits per heavy atom. The number of nitrogens with zero attached hydrogens (tertiary/aromatic N) is 2. The van der Waals surface area contributed by atoms with E-state index < -0.39 is 0 Å². The van der Waals surface area contributed by atoms with Crippen LogP contribution in [0.15, 0.2) is 34.1 Å². The summed E-state index contributed by atoms with van der Waals surface area (Å²) in [5, 5.41) is 0.904. The minimum absolute atomic E-state index is 0.158. The molecule has 3 nitrogen and oxygen atoms in total. The van der Waals surface area contributed by atoms with Gasteiger partial charge in [0, 0.05) is 11.3 Å². The Morgan fingerprint density at radius 3 is 2.63 bits per heavy atom. The molecular formula is C15H16N2OS. The molecule has 1 aliphatic rings. The zero-order chi connectivity index (χ0) is 13.4. The predicted octanol–water partition coefficient (Wildman–Crippen LogP) is 2.75. The second-order valence-electron chi connectivity index (χ2n) is 4.85. The maximum atomic E-state index is 12.3. The van der Waals surface area contributed by atoms with Gasteiger partial charge in [-0.1, -0.05) is 17.7 Å². The molecule has 0 aliphatic heterocycles. The first-order valence-corrected chi connectivity index (χ1v) is 7.69. The summed E-state index contributed by atoms with van der Waals surface area (Å²) in [7, 11) is 0. The number of benzene rings is 1. The average Bonchev–Trinajstić information content (AvgIpc) is 2.88. The molecule has 1 heterocycles. The van der Waals surface area contributed by atoms with Gasteiger partial charge in [0.15, 0.2) is 0 Å². The van der Waals surface area contributed by atoms with Crippen LogP contribution < -0.4 is 5.69 Å². The normalized spacial score (nSPS) is 13.6.